The molecule has 2 bridgehead atoms. The summed E-state index contributed by atoms with van der Waals surface area (Å²) in [5.74, 6) is 0.277. The number of nitrogens with one attached hydrogen (secondary N) is 1. The molecule has 3 aliphatic heterocycles. The van der Waals surface area contributed by atoms with Crippen molar-refractivity contribution in [1.82, 2.24) is 4.90 Å². The zero-order valence-electron chi connectivity index (χ0n) is 14.8. The third-order valence-electron chi connectivity index (χ3n) is 8.47. The fourth-order valence-corrected chi connectivity index (χ4v) is 7.93. The largest absolute Gasteiger partial charge is 0.469 e. The quantitative estimate of drug-likeness (QED) is 0.632. The number of hydrogen-bond acceptors (Lipinski definition) is 4. The molecule has 2 unspecified atom stereocenters. The van der Waals surface area contributed by atoms with E-state index in [-0.39, 0.29) is 28.3 Å². The van der Waals surface area contributed by atoms with Gasteiger partial charge in [0.15, 0.2) is 0 Å². The molecule has 130 valence electrons. The van der Waals surface area contributed by atoms with Crippen LogP contribution in [0.15, 0.2) is 36.4 Å². The van der Waals surface area contributed by atoms with E-state index in [4.69, 9.17) is 4.74 Å². The van der Waals surface area contributed by atoms with E-state index < -0.39 is 0 Å². The summed E-state index contributed by atoms with van der Waals surface area (Å²) in [7, 11) is 1.54. The van der Waals surface area contributed by atoms with Gasteiger partial charge in [0, 0.05) is 29.1 Å². The topological polar surface area (TPSA) is 41.6 Å². The SMILES string of the molecule is COC(=O)C1C[C@]23C=CCN4CC[C@]5(c6ccccc6N[C@]15C2C)[C@H]43. The molecule has 4 heteroatoms. The first kappa shape index (κ1) is 14.4. The van der Waals surface area contributed by atoms with Gasteiger partial charge in [-0.05, 0) is 36.9 Å². The smallest absolute Gasteiger partial charge is 0.311 e. The van der Waals surface area contributed by atoms with Crippen LogP contribution in [0.4, 0.5) is 5.69 Å². The number of carbonyl (C=O) groups excluding carboxylic acids is 1. The maximum Gasteiger partial charge on any atom is 0.311 e. The maximum atomic E-state index is 12.9. The minimum Gasteiger partial charge on any atom is -0.469 e. The van der Waals surface area contributed by atoms with Crippen molar-refractivity contribution in [3.8, 4) is 0 Å². The Hall–Kier alpha value is -1.81. The first-order chi connectivity index (χ1) is 12.1. The van der Waals surface area contributed by atoms with Crippen LogP contribution in [-0.2, 0) is 14.9 Å². The van der Waals surface area contributed by atoms with Crippen LogP contribution in [-0.4, -0.2) is 42.6 Å². The highest BCUT2D eigenvalue weighted by Gasteiger charge is 2.85. The van der Waals surface area contributed by atoms with Crippen LogP contribution in [0.25, 0.3) is 0 Å². The number of para-hydroxylation sites is 1. The first-order valence-electron chi connectivity index (χ1n) is 9.49. The minimum atomic E-state index is -0.224. The van der Waals surface area contributed by atoms with Gasteiger partial charge in [0.05, 0.1) is 18.6 Å². The predicted octanol–water partition coefficient (Wildman–Crippen LogP) is 2.56. The number of fused-ring (bicyclic) bond motifs is 1. The lowest BCUT2D eigenvalue weighted by atomic mass is 9.57. The Labute approximate surface area is 148 Å². The molecule has 6 rings (SSSR count). The molecule has 2 aliphatic carbocycles. The normalized spacial score (nSPS) is 48.0. The number of ether oxygens (including phenoxy) is 1. The molecule has 25 heavy (non-hydrogen) atoms. The number of nitrogens with zero attached hydrogens (tertiary/aromatic N) is 1. The Morgan fingerprint density at radius 1 is 1.36 bits per heavy atom. The number of methoxy groups -OCH3 is 1. The van der Waals surface area contributed by atoms with Crippen LogP contribution in [0.3, 0.4) is 0 Å². The molecule has 4 nitrogen and oxygen atoms in total. The van der Waals surface area contributed by atoms with Crippen molar-refractivity contribution in [3.63, 3.8) is 0 Å². The van der Waals surface area contributed by atoms with Gasteiger partial charge in [-0.25, -0.2) is 0 Å². The average Bonchev–Trinajstić information content (AvgIpc) is 3.29. The molecule has 0 amide bonds. The van der Waals surface area contributed by atoms with E-state index in [1.165, 1.54) is 18.4 Å². The molecule has 1 saturated heterocycles. The summed E-state index contributed by atoms with van der Waals surface area (Å²) >= 11 is 0. The summed E-state index contributed by atoms with van der Waals surface area (Å²) in [6.45, 7) is 4.53. The second-order valence-electron chi connectivity index (χ2n) is 8.67. The second kappa shape index (κ2) is 4.12. The number of hydrogen-bond donors (Lipinski definition) is 1. The molecule has 1 aromatic rings. The monoisotopic (exact) mass is 336 g/mol. The van der Waals surface area contributed by atoms with Crippen LogP contribution in [0.1, 0.15) is 25.3 Å². The third kappa shape index (κ3) is 1.19. The molecule has 0 radical (unpaired) electrons. The summed E-state index contributed by atoms with van der Waals surface area (Å²) in [6.07, 6.45) is 6.83. The summed E-state index contributed by atoms with van der Waals surface area (Å²) in [5.41, 5.74) is 2.53. The number of carbonyl (C=O) groups is 1. The highest BCUT2D eigenvalue weighted by molar-refractivity contribution is 5.82. The molecule has 1 N–H and O–H groups in total. The maximum absolute atomic E-state index is 12.9. The molecule has 5 aliphatic rings. The summed E-state index contributed by atoms with van der Waals surface area (Å²) in [6, 6.07) is 9.25. The minimum absolute atomic E-state index is 0.0187. The van der Waals surface area contributed by atoms with Crippen LogP contribution in [0.5, 0.6) is 0 Å². The predicted molar refractivity (Wildman–Crippen MR) is 95.3 cm³/mol. The summed E-state index contributed by atoms with van der Waals surface area (Å²) in [5, 5.41) is 3.92. The zero-order chi connectivity index (χ0) is 17.0. The van der Waals surface area contributed by atoms with Crippen molar-refractivity contribution in [2.75, 3.05) is 25.5 Å². The fourth-order valence-electron chi connectivity index (χ4n) is 7.93. The molecule has 6 atom stereocenters. The lowest BCUT2D eigenvalue weighted by Crippen LogP contribution is -2.63. The van der Waals surface area contributed by atoms with E-state index in [0.717, 1.165) is 25.9 Å². The molecule has 1 aromatic carbocycles. The number of anilines is 1. The summed E-state index contributed by atoms with van der Waals surface area (Å²) < 4.78 is 5.30. The van der Waals surface area contributed by atoms with Crippen molar-refractivity contribution in [2.45, 2.75) is 36.8 Å². The van der Waals surface area contributed by atoms with Crippen molar-refractivity contribution >= 4 is 11.7 Å². The lowest BCUT2D eigenvalue weighted by Gasteiger charge is -2.50. The van der Waals surface area contributed by atoms with Gasteiger partial charge < -0.3 is 10.1 Å². The molecule has 0 aromatic heterocycles. The lowest BCUT2D eigenvalue weighted by molar-refractivity contribution is -0.149. The van der Waals surface area contributed by atoms with E-state index in [1.807, 2.05) is 0 Å². The molecule has 3 heterocycles. The zero-order valence-corrected chi connectivity index (χ0v) is 14.8. The number of benzene rings is 1. The molecule has 2 saturated carbocycles. The Morgan fingerprint density at radius 2 is 2.20 bits per heavy atom. The van der Waals surface area contributed by atoms with Crippen molar-refractivity contribution in [1.29, 1.82) is 0 Å². The number of rotatable bonds is 1. The van der Waals surface area contributed by atoms with Crippen LogP contribution >= 0.6 is 0 Å². The van der Waals surface area contributed by atoms with Crippen molar-refractivity contribution in [3.05, 3.63) is 42.0 Å². The first-order valence-corrected chi connectivity index (χ1v) is 9.49. The van der Waals surface area contributed by atoms with Gasteiger partial charge in [0.2, 0.25) is 0 Å². The van der Waals surface area contributed by atoms with Gasteiger partial charge in [0.1, 0.15) is 0 Å². The molecular formula is C21H24N2O2. The van der Waals surface area contributed by atoms with E-state index in [1.54, 1.807) is 0 Å². The van der Waals surface area contributed by atoms with Crippen molar-refractivity contribution in [2.24, 2.45) is 17.3 Å². The van der Waals surface area contributed by atoms with Crippen molar-refractivity contribution < 1.29 is 9.53 Å². The number of esters is 1. The molecule has 3 fully saturated rings. The van der Waals surface area contributed by atoms with E-state index in [9.17, 15) is 4.79 Å². The van der Waals surface area contributed by atoms with Gasteiger partial charge in [-0.1, -0.05) is 37.3 Å². The van der Waals surface area contributed by atoms with Gasteiger partial charge in [-0.3, -0.25) is 9.69 Å². The average molecular weight is 336 g/mol. The van der Waals surface area contributed by atoms with Crippen LogP contribution in [0.2, 0.25) is 0 Å². The van der Waals surface area contributed by atoms with E-state index in [0.29, 0.717) is 12.0 Å². The highest BCUT2D eigenvalue weighted by atomic mass is 16.5. The Kier molecular flexibility index (Phi) is 2.37. The molecular weight excluding hydrogens is 312 g/mol. The molecule has 3 spiro atoms. The van der Waals surface area contributed by atoms with Gasteiger partial charge >= 0.3 is 5.97 Å². The Morgan fingerprint density at radius 3 is 3.04 bits per heavy atom. The fraction of sp³-hybridized carbons (Fsp3) is 0.571. The highest BCUT2D eigenvalue weighted by Crippen LogP contribution is 2.78. The van der Waals surface area contributed by atoms with E-state index in [2.05, 4.69) is 53.6 Å². The van der Waals surface area contributed by atoms with Crippen LogP contribution in [0, 0.1) is 17.3 Å². The Balaban J connectivity index is 1.69. The van der Waals surface area contributed by atoms with Gasteiger partial charge in [0.25, 0.3) is 0 Å². The standard InChI is InChI=1S/C21H24N2O2/c1-13-19-8-5-10-23-11-9-20(18(19)23)14-6-3-4-7-16(14)22-21(13,20)15(12-19)17(24)25-2/h3-8,13,15,18,22H,9-12H2,1-2H3/t13?,15?,18-,19-,20+,21-/m1/s1. The van der Waals surface area contributed by atoms with Crippen LogP contribution < -0.4 is 5.32 Å². The van der Waals surface area contributed by atoms with E-state index >= 15 is 0 Å². The van der Waals surface area contributed by atoms with Gasteiger partial charge in [-0.15, -0.1) is 0 Å². The Bertz CT molecular complexity index is 835. The third-order valence-corrected chi connectivity index (χ3v) is 8.47. The summed E-state index contributed by atoms with van der Waals surface area (Å²) in [4.78, 5) is 15.6. The van der Waals surface area contributed by atoms with Gasteiger partial charge in [-0.2, -0.15) is 0 Å². The second-order valence-corrected chi connectivity index (χ2v) is 8.67.